The van der Waals surface area contributed by atoms with Crippen molar-refractivity contribution in [3.05, 3.63) is 36.4 Å². The minimum absolute atomic E-state index is 0.658. The Balaban J connectivity index is 2.38. The van der Waals surface area contributed by atoms with Gasteiger partial charge >= 0.3 is 0 Å². The fourth-order valence-corrected chi connectivity index (χ4v) is 2.12. The molecular formula is C14H14Br2O2. The van der Waals surface area contributed by atoms with E-state index in [-0.39, 0.29) is 0 Å². The van der Waals surface area contributed by atoms with E-state index in [1.807, 2.05) is 24.3 Å². The van der Waals surface area contributed by atoms with E-state index in [0.29, 0.717) is 13.2 Å². The van der Waals surface area contributed by atoms with Gasteiger partial charge in [-0.05, 0) is 12.1 Å². The zero-order valence-corrected chi connectivity index (χ0v) is 13.0. The Hall–Kier alpha value is -0.740. The third-order valence-corrected chi connectivity index (χ3v) is 3.16. The molecule has 2 rings (SSSR count). The van der Waals surface area contributed by atoms with Gasteiger partial charge in [0.25, 0.3) is 0 Å². The molecule has 0 saturated heterocycles. The summed E-state index contributed by atoms with van der Waals surface area (Å²) < 4.78 is 11.4. The number of halogens is 2. The lowest BCUT2D eigenvalue weighted by Crippen LogP contribution is -2.01. The first-order valence-corrected chi connectivity index (χ1v) is 8.00. The van der Waals surface area contributed by atoms with E-state index in [2.05, 4.69) is 44.0 Å². The van der Waals surface area contributed by atoms with Crippen LogP contribution < -0.4 is 9.47 Å². The molecule has 0 atom stereocenters. The van der Waals surface area contributed by atoms with E-state index in [1.165, 1.54) is 0 Å². The van der Waals surface area contributed by atoms with Gasteiger partial charge in [-0.3, -0.25) is 0 Å². The van der Waals surface area contributed by atoms with E-state index >= 15 is 0 Å². The molecule has 2 aromatic rings. The minimum atomic E-state index is 0.658. The number of fused-ring (bicyclic) bond motifs is 1. The third-order valence-electron chi connectivity index (χ3n) is 2.51. The highest BCUT2D eigenvalue weighted by Gasteiger charge is 2.07. The van der Waals surface area contributed by atoms with Crippen LogP contribution in [0.15, 0.2) is 36.4 Å². The van der Waals surface area contributed by atoms with Gasteiger partial charge in [-0.25, -0.2) is 0 Å². The quantitative estimate of drug-likeness (QED) is 0.699. The summed E-state index contributed by atoms with van der Waals surface area (Å²) in [5.41, 5.74) is 0. The van der Waals surface area contributed by atoms with E-state index in [1.54, 1.807) is 0 Å². The monoisotopic (exact) mass is 372 g/mol. The Morgan fingerprint density at radius 3 is 1.56 bits per heavy atom. The molecule has 4 heteroatoms. The van der Waals surface area contributed by atoms with Crippen LogP contribution in [0.5, 0.6) is 11.5 Å². The van der Waals surface area contributed by atoms with Gasteiger partial charge in [0.1, 0.15) is 11.5 Å². The summed E-state index contributed by atoms with van der Waals surface area (Å²) in [7, 11) is 0. The number of benzene rings is 2. The van der Waals surface area contributed by atoms with Gasteiger partial charge in [0, 0.05) is 21.4 Å². The lowest BCUT2D eigenvalue weighted by molar-refractivity contribution is 0.341. The number of hydrogen-bond donors (Lipinski definition) is 0. The molecule has 0 amide bonds. The Morgan fingerprint density at radius 2 is 1.17 bits per heavy atom. The van der Waals surface area contributed by atoms with Gasteiger partial charge < -0.3 is 9.47 Å². The highest BCUT2D eigenvalue weighted by Crippen LogP contribution is 2.33. The van der Waals surface area contributed by atoms with Crippen LogP contribution in [0.3, 0.4) is 0 Å². The van der Waals surface area contributed by atoms with Crippen molar-refractivity contribution in [3.63, 3.8) is 0 Å². The average molecular weight is 374 g/mol. The molecular weight excluding hydrogens is 360 g/mol. The van der Waals surface area contributed by atoms with Crippen LogP contribution in [0.25, 0.3) is 10.8 Å². The van der Waals surface area contributed by atoms with Crippen molar-refractivity contribution >= 4 is 42.6 Å². The van der Waals surface area contributed by atoms with Crippen LogP contribution in [-0.2, 0) is 0 Å². The van der Waals surface area contributed by atoms with Gasteiger partial charge in [-0.1, -0.05) is 56.1 Å². The van der Waals surface area contributed by atoms with Gasteiger partial charge in [-0.2, -0.15) is 0 Å². The maximum atomic E-state index is 5.72. The van der Waals surface area contributed by atoms with Crippen molar-refractivity contribution in [3.8, 4) is 11.5 Å². The first-order valence-electron chi connectivity index (χ1n) is 5.76. The van der Waals surface area contributed by atoms with Crippen LogP contribution in [0, 0.1) is 0 Å². The Kier molecular flexibility index (Phi) is 5.32. The molecule has 0 spiro atoms. The van der Waals surface area contributed by atoms with Crippen molar-refractivity contribution < 1.29 is 9.47 Å². The SMILES string of the molecule is BrCCOc1ccc(OCCBr)c2ccccc12. The highest BCUT2D eigenvalue weighted by molar-refractivity contribution is 9.09. The summed E-state index contributed by atoms with van der Waals surface area (Å²) in [4.78, 5) is 0. The fraction of sp³-hybridized carbons (Fsp3) is 0.286. The maximum absolute atomic E-state index is 5.72. The van der Waals surface area contributed by atoms with Crippen LogP contribution in [0.1, 0.15) is 0 Å². The predicted octanol–water partition coefficient (Wildman–Crippen LogP) is 4.39. The van der Waals surface area contributed by atoms with Gasteiger partial charge in [0.15, 0.2) is 0 Å². The molecule has 0 aliphatic rings. The van der Waals surface area contributed by atoms with Crippen molar-refractivity contribution in [1.29, 1.82) is 0 Å². The molecule has 0 aliphatic heterocycles. The lowest BCUT2D eigenvalue weighted by atomic mass is 10.1. The van der Waals surface area contributed by atoms with Crippen LogP contribution >= 0.6 is 31.9 Å². The zero-order chi connectivity index (χ0) is 12.8. The van der Waals surface area contributed by atoms with Crippen LogP contribution in [-0.4, -0.2) is 23.9 Å². The summed E-state index contributed by atoms with van der Waals surface area (Å²) in [5.74, 6) is 1.80. The first kappa shape index (κ1) is 13.7. The second-order valence-electron chi connectivity index (χ2n) is 3.68. The molecule has 0 bridgehead atoms. The van der Waals surface area contributed by atoms with Gasteiger partial charge in [0.2, 0.25) is 0 Å². The summed E-state index contributed by atoms with van der Waals surface area (Å²) >= 11 is 6.73. The first-order chi connectivity index (χ1) is 8.86. The second kappa shape index (κ2) is 7.00. The highest BCUT2D eigenvalue weighted by atomic mass is 79.9. The summed E-state index contributed by atoms with van der Waals surface area (Å²) in [6.07, 6.45) is 0. The molecule has 0 unspecified atom stereocenters. The van der Waals surface area contributed by atoms with Gasteiger partial charge in [0.05, 0.1) is 13.2 Å². The van der Waals surface area contributed by atoms with E-state index in [0.717, 1.165) is 32.9 Å². The summed E-state index contributed by atoms with van der Waals surface area (Å²) in [6, 6.07) is 12.1. The summed E-state index contributed by atoms with van der Waals surface area (Å²) in [5, 5.41) is 3.82. The number of alkyl halides is 2. The normalized spacial score (nSPS) is 10.6. The second-order valence-corrected chi connectivity index (χ2v) is 5.27. The average Bonchev–Trinajstić information content (AvgIpc) is 2.43. The summed E-state index contributed by atoms with van der Waals surface area (Å²) in [6.45, 7) is 1.32. The molecule has 0 heterocycles. The topological polar surface area (TPSA) is 18.5 Å². The Morgan fingerprint density at radius 1 is 0.722 bits per heavy atom. The predicted molar refractivity (Wildman–Crippen MR) is 82.5 cm³/mol. The maximum Gasteiger partial charge on any atom is 0.127 e. The Bertz CT molecular complexity index is 468. The van der Waals surface area contributed by atoms with Crippen LogP contribution in [0.2, 0.25) is 0 Å². The number of ether oxygens (including phenoxy) is 2. The molecule has 0 aromatic heterocycles. The molecule has 18 heavy (non-hydrogen) atoms. The van der Waals surface area contributed by atoms with Crippen molar-refractivity contribution in [2.24, 2.45) is 0 Å². The zero-order valence-electron chi connectivity index (χ0n) is 9.86. The van der Waals surface area contributed by atoms with E-state index in [9.17, 15) is 0 Å². The number of hydrogen-bond acceptors (Lipinski definition) is 2. The lowest BCUT2D eigenvalue weighted by Gasteiger charge is -2.12. The number of rotatable bonds is 6. The van der Waals surface area contributed by atoms with Crippen molar-refractivity contribution in [1.82, 2.24) is 0 Å². The Labute approximate surface area is 124 Å². The standard InChI is InChI=1S/C14H14Br2O2/c15-7-9-17-13-5-6-14(18-10-8-16)12-4-2-1-3-11(12)13/h1-6H,7-10H2. The van der Waals surface area contributed by atoms with E-state index < -0.39 is 0 Å². The molecule has 0 N–H and O–H groups in total. The molecule has 0 aliphatic carbocycles. The van der Waals surface area contributed by atoms with Gasteiger partial charge in [-0.15, -0.1) is 0 Å². The molecule has 0 saturated carbocycles. The van der Waals surface area contributed by atoms with Crippen molar-refractivity contribution in [2.75, 3.05) is 23.9 Å². The largest absolute Gasteiger partial charge is 0.492 e. The molecule has 2 nitrogen and oxygen atoms in total. The molecule has 2 aromatic carbocycles. The minimum Gasteiger partial charge on any atom is -0.492 e. The van der Waals surface area contributed by atoms with E-state index in [4.69, 9.17) is 9.47 Å². The molecule has 0 fully saturated rings. The fourth-order valence-electron chi connectivity index (χ4n) is 1.79. The third kappa shape index (κ3) is 3.18. The van der Waals surface area contributed by atoms with Crippen LogP contribution in [0.4, 0.5) is 0 Å². The molecule has 0 radical (unpaired) electrons. The smallest absolute Gasteiger partial charge is 0.127 e. The molecule has 96 valence electrons. The van der Waals surface area contributed by atoms with Crippen molar-refractivity contribution in [2.45, 2.75) is 0 Å².